The lowest BCUT2D eigenvalue weighted by atomic mass is 10.00. The molecule has 1 N–H and O–H groups in total. The number of halogens is 1. The molecule has 1 aromatic rings. The summed E-state index contributed by atoms with van der Waals surface area (Å²) in [5.74, 6) is -1.86. The first-order valence-electron chi connectivity index (χ1n) is 7.23. The van der Waals surface area contributed by atoms with Gasteiger partial charge >= 0.3 is 12.0 Å². The molecule has 0 radical (unpaired) electrons. The lowest BCUT2D eigenvalue weighted by Crippen LogP contribution is -2.61. The monoisotopic (exact) mass is 371 g/mol. The first-order valence-corrected chi connectivity index (χ1v) is 8.35. The molecule has 2 heterocycles. The van der Waals surface area contributed by atoms with Crippen molar-refractivity contribution in [3.63, 3.8) is 0 Å². The average Bonchev–Trinajstić information content (AvgIpc) is 3.05. The van der Waals surface area contributed by atoms with Gasteiger partial charge in [0.15, 0.2) is 5.78 Å². The van der Waals surface area contributed by atoms with Crippen molar-refractivity contribution in [1.29, 1.82) is 0 Å². The quantitative estimate of drug-likeness (QED) is 0.381. The number of carbonyl (C=O) groups excluding carboxylic acids is 2. The number of ketones is 1. The summed E-state index contributed by atoms with van der Waals surface area (Å²) in [6.07, 6.45) is 1.90. The van der Waals surface area contributed by atoms with Gasteiger partial charge in [-0.3, -0.25) is 4.79 Å². The summed E-state index contributed by atoms with van der Waals surface area (Å²) in [6, 6.07) is 3.06. The molecule has 0 aromatic carbocycles. The van der Waals surface area contributed by atoms with Gasteiger partial charge in [0.25, 0.3) is 0 Å². The van der Waals surface area contributed by atoms with Crippen LogP contribution in [0, 0.1) is 5.92 Å². The van der Waals surface area contributed by atoms with Crippen LogP contribution in [0.1, 0.15) is 30.3 Å². The number of hydrogen-bond acceptors (Lipinski definition) is 3. The number of aromatic nitrogens is 1. The minimum Gasteiger partial charge on any atom is -0.435 e. The number of hydrogen-bond donors (Lipinski definition) is 1. The highest BCUT2D eigenvalue weighted by Crippen LogP contribution is 2.31. The standard InChI is InChI=1S/C15H19BrN2O4/c1-10-5-4-8-18(10,15(21)22)14(20)11(9-16)13(19)12-6-3-7-17(12)2/h3,6-7,10-11H,4-5,8-9H2,1-2H3/p+1/t10-,11?,18?/m1/s1. The number of aryl methyl sites for hydroxylation is 1. The van der Waals surface area contributed by atoms with Gasteiger partial charge in [0.05, 0.1) is 12.2 Å². The van der Waals surface area contributed by atoms with E-state index >= 15 is 0 Å². The molecular formula is C15H20BrN2O4+. The Morgan fingerprint density at radius 2 is 2.18 bits per heavy atom. The summed E-state index contributed by atoms with van der Waals surface area (Å²) in [5.41, 5.74) is 0.410. The Morgan fingerprint density at radius 3 is 2.59 bits per heavy atom. The molecule has 1 fully saturated rings. The van der Waals surface area contributed by atoms with Gasteiger partial charge in [-0.15, -0.1) is 0 Å². The van der Waals surface area contributed by atoms with Gasteiger partial charge in [-0.2, -0.15) is 9.28 Å². The smallest absolute Gasteiger partial charge is 0.435 e. The summed E-state index contributed by atoms with van der Waals surface area (Å²) in [7, 11) is 1.73. The third-order valence-electron chi connectivity index (χ3n) is 4.58. The predicted octanol–water partition coefficient (Wildman–Crippen LogP) is 2.42. The predicted molar refractivity (Wildman–Crippen MR) is 83.9 cm³/mol. The van der Waals surface area contributed by atoms with Crippen molar-refractivity contribution >= 4 is 33.7 Å². The van der Waals surface area contributed by atoms with Crippen LogP contribution in [-0.4, -0.2) is 49.9 Å². The molecule has 0 aliphatic carbocycles. The maximum atomic E-state index is 12.9. The topological polar surface area (TPSA) is 76.4 Å². The number of imide groups is 1. The molecule has 6 nitrogen and oxygen atoms in total. The molecule has 0 bridgehead atoms. The van der Waals surface area contributed by atoms with Crippen LogP contribution in [-0.2, 0) is 11.8 Å². The molecule has 1 saturated heterocycles. The Morgan fingerprint density at radius 1 is 1.50 bits per heavy atom. The van der Waals surface area contributed by atoms with Crippen LogP contribution >= 0.6 is 15.9 Å². The number of alkyl halides is 1. The van der Waals surface area contributed by atoms with Crippen molar-refractivity contribution in [2.75, 3.05) is 11.9 Å². The number of carboxylic acid groups (broad SMARTS) is 1. The fourth-order valence-corrected chi connectivity index (χ4v) is 3.78. The van der Waals surface area contributed by atoms with Crippen LogP contribution in [0.5, 0.6) is 0 Å². The Labute approximate surface area is 137 Å². The van der Waals surface area contributed by atoms with Gasteiger partial charge in [-0.25, -0.2) is 4.79 Å². The normalized spacial score (nSPS) is 25.9. The van der Waals surface area contributed by atoms with E-state index in [1.807, 2.05) is 0 Å². The van der Waals surface area contributed by atoms with E-state index in [9.17, 15) is 19.5 Å². The van der Waals surface area contributed by atoms with Gasteiger partial charge < -0.3 is 9.67 Å². The summed E-state index contributed by atoms with van der Waals surface area (Å²) in [4.78, 5) is 37.4. The second-order valence-electron chi connectivity index (χ2n) is 5.78. The van der Waals surface area contributed by atoms with E-state index in [1.165, 1.54) is 0 Å². The SMILES string of the molecule is C[C@@H]1CCC[N+]1(C(=O)O)C(=O)C(CBr)C(=O)c1cccn1C. The highest BCUT2D eigenvalue weighted by Gasteiger charge is 2.56. The zero-order chi connectivity index (χ0) is 16.5. The van der Waals surface area contributed by atoms with Crippen LogP contribution in [0.4, 0.5) is 4.79 Å². The first-order chi connectivity index (χ1) is 10.4. The van der Waals surface area contributed by atoms with Crippen molar-refractivity contribution in [3.05, 3.63) is 24.0 Å². The maximum absolute atomic E-state index is 12.9. The van der Waals surface area contributed by atoms with Crippen molar-refractivity contribution in [2.24, 2.45) is 13.0 Å². The number of Topliss-reactive ketones (excluding diaryl/α,β-unsaturated/α-hetero) is 1. The van der Waals surface area contributed by atoms with E-state index in [2.05, 4.69) is 15.9 Å². The molecule has 2 rings (SSSR count). The minimum atomic E-state index is -1.17. The van der Waals surface area contributed by atoms with Crippen LogP contribution in [0.15, 0.2) is 18.3 Å². The Hall–Kier alpha value is -1.47. The molecule has 0 saturated carbocycles. The van der Waals surface area contributed by atoms with Crippen LogP contribution in [0.2, 0.25) is 0 Å². The Kier molecular flexibility index (Phi) is 4.87. The van der Waals surface area contributed by atoms with Gasteiger partial charge in [0, 0.05) is 31.4 Å². The summed E-state index contributed by atoms with van der Waals surface area (Å²) >= 11 is 3.21. The molecule has 120 valence electrons. The van der Waals surface area contributed by atoms with Crippen molar-refractivity contribution in [1.82, 2.24) is 4.57 Å². The van der Waals surface area contributed by atoms with E-state index < -0.39 is 22.4 Å². The lowest BCUT2D eigenvalue weighted by Gasteiger charge is -2.31. The first kappa shape index (κ1) is 16.9. The van der Waals surface area contributed by atoms with Crippen LogP contribution < -0.4 is 0 Å². The zero-order valence-corrected chi connectivity index (χ0v) is 14.2. The number of rotatable bonds is 4. The largest absolute Gasteiger partial charge is 0.521 e. The van der Waals surface area contributed by atoms with E-state index in [0.29, 0.717) is 18.5 Å². The van der Waals surface area contributed by atoms with Crippen molar-refractivity contribution < 1.29 is 24.0 Å². The average molecular weight is 372 g/mol. The molecular weight excluding hydrogens is 352 g/mol. The molecule has 1 aliphatic heterocycles. The summed E-state index contributed by atoms with van der Waals surface area (Å²) < 4.78 is 0.996. The molecule has 1 aromatic heterocycles. The highest BCUT2D eigenvalue weighted by atomic mass is 79.9. The van der Waals surface area contributed by atoms with Gasteiger partial charge in [-0.1, -0.05) is 15.9 Å². The molecule has 2 amide bonds. The van der Waals surface area contributed by atoms with E-state index in [1.54, 1.807) is 36.9 Å². The number of likely N-dealkylation sites (tertiary alicyclic amines) is 1. The van der Waals surface area contributed by atoms with Crippen LogP contribution in [0.25, 0.3) is 0 Å². The van der Waals surface area contributed by atoms with Gasteiger partial charge in [-0.05, 0) is 19.1 Å². The van der Waals surface area contributed by atoms with Gasteiger partial charge in [0.2, 0.25) is 0 Å². The fourth-order valence-electron chi connectivity index (χ4n) is 3.20. The molecule has 7 heteroatoms. The second-order valence-corrected chi connectivity index (χ2v) is 6.43. The highest BCUT2D eigenvalue weighted by molar-refractivity contribution is 9.09. The molecule has 3 atom stereocenters. The number of carbonyl (C=O) groups is 3. The number of amides is 2. The lowest BCUT2D eigenvalue weighted by molar-refractivity contribution is -0.793. The zero-order valence-electron chi connectivity index (χ0n) is 12.7. The fraction of sp³-hybridized carbons (Fsp3) is 0.533. The van der Waals surface area contributed by atoms with E-state index in [4.69, 9.17) is 0 Å². The third kappa shape index (κ3) is 2.52. The Balaban J connectivity index is 2.38. The Bertz CT molecular complexity index is 612. The van der Waals surface area contributed by atoms with E-state index in [0.717, 1.165) is 0 Å². The molecule has 2 unspecified atom stereocenters. The summed E-state index contributed by atoms with van der Waals surface area (Å²) in [5, 5.41) is 9.76. The number of quaternary nitrogens is 1. The maximum Gasteiger partial charge on any atom is 0.521 e. The summed E-state index contributed by atoms with van der Waals surface area (Å²) in [6.45, 7) is 2.01. The van der Waals surface area contributed by atoms with Gasteiger partial charge in [0.1, 0.15) is 12.0 Å². The second kappa shape index (κ2) is 6.34. The van der Waals surface area contributed by atoms with Crippen molar-refractivity contribution in [3.8, 4) is 0 Å². The number of nitrogens with zero attached hydrogens (tertiary/aromatic N) is 2. The van der Waals surface area contributed by atoms with E-state index in [-0.39, 0.29) is 23.7 Å². The molecule has 0 spiro atoms. The molecule has 1 aliphatic rings. The minimum absolute atomic E-state index is 0.121. The van der Waals surface area contributed by atoms with Crippen LogP contribution in [0.3, 0.4) is 0 Å². The third-order valence-corrected chi connectivity index (χ3v) is 5.23. The van der Waals surface area contributed by atoms with Crippen molar-refractivity contribution in [2.45, 2.75) is 25.8 Å². The molecule has 22 heavy (non-hydrogen) atoms.